The first-order valence-electron chi connectivity index (χ1n) is 10.8. The van der Waals surface area contributed by atoms with Gasteiger partial charge in [0, 0.05) is 15.5 Å². The summed E-state index contributed by atoms with van der Waals surface area (Å²) in [7, 11) is 0. The van der Waals surface area contributed by atoms with E-state index in [0.29, 0.717) is 21.5 Å². The Labute approximate surface area is 208 Å². The van der Waals surface area contributed by atoms with E-state index in [2.05, 4.69) is 19.2 Å². The average Bonchev–Trinajstić information content (AvgIpc) is 3.13. The van der Waals surface area contributed by atoms with Crippen molar-refractivity contribution in [2.75, 3.05) is 11.9 Å². The Bertz CT molecular complexity index is 1270. The molecule has 0 fully saturated rings. The van der Waals surface area contributed by atoms with Crippen LogP contribution in [0, 0.1) is 18.3 Å². The first kappa shape index (κ1) is 25.2. The molecule has 0 unspecified atom stereocenters. The highest BCUT2D eigenvalue weighted by atomic mass is 35.5. The van der Waals surface area contributed by atoms with Crippen LogP contribution in [0.2, 0.25) is 5.02 Å². The number of nitriles is 1. The average molecular weight is 493 g/mol. The topological polar surface area (TPSA) is 79.2 Å². The zero-order valence-electron chi connectivity index (χ0n) is 19.4. The molecule has 174 valence electrons. The molecule has 3 aromatic rings. The molecule has 1 heterocycles. The standard InChI is InChI=1S/C27H25ClN2O3S/c1-5-33-27(32)24-23(20-10-12-22(28)13-11-20)17(4)34-26(24)30-25(31)21(15-29)14-18-6-8-19(9-7-18)16(2)3/h6-14,16H,5H2,1-4H3,(H,30,31). The number of halogens is 1. The molecule has 7 heteroatoms. The molecule has 0 saturated carbocycles. The number of hydrogen-bond acceptors (Lipinski definition) is 5. The smallest absolute Gasteiger partial charge is 0.341 e. The molecule has 3 rings (SSSR count). The Balaban J connectivity index is 1.98. The minimum Gasteiger partial charge on any atom is -0.462 e. The lowest BCUT2D eigenvalue weighted by Gasteiger charge is -2.09. The van der Waals surface area contributed by atoms with Crippen molar-refractivity contribution in [2.45, 2.75) is 33.6 Å². The SMILES string of the molecule is CCOC(=O)c1c(NC(=O)C(C#N)=Cc2ccc(C(C)C)cc2)sc(C)c1-c1ccc(Cl)cc1. The molecule has 0 bridgehead atoms. The lowest BCUT2D eigenvalue weighted by Crippen LogP contribution is -2.16. The normalized spacial score (nSPS) is 11.3. The van der Waals surface area contributed by atoms with Gasteiger partial charge >= 0.3 is 5.97 Å². The van der Waals surface area contributed by atoms with Crippen LogP contribution in [0.5, 0.6) is 0 Å². The van der Waals surface area contributed by atoms with Gasteiger partial charge in [-0.1, -0.05) is 61.8 Å². The largest absolute Gasteiger partial charge is 0.462 e. The van der Waals surface area contributed by atoms with Gasteiger partial charge in [0.15, 0.2) is 0 Å². The minimum absolute atomic E-state index is 0.0637. The molecule has 1 N–H and O–H groups in total. The van der Waals surface area contributed by atoms with Crippen molar-refractivity contribution in [2.24, 2.45) is 0 Å². The summed E-state index contributed by atoms with van der Waals surface area (Å²) >= 11 is 7.28. The molecule has 0 aliphatic heterocycles. The lowest BCUT2D eigenvalue weighted by atomic mass is 10.0. The number of esters is 1. The van der Waals surface area contributed by atoms with Crippen LogP contribution < -0.4 is 5.32 Å². The second kappa shape index (κ2) is 11.1. The first-order valence-corrected chi connectivity index (χ1v) is 12.0. The van der Waals surface area contributed by atoms with Crippen molar-refractivity contribution in [3.63, 3.8) is 0 Å². The van der Waals surface area contributed by atoms with Gasteiger partial charge in [-0.3, -0.25) is 4.79 Å². The van der Waals surface area contributed by atoms with Crippen molar-refractivity contribution in [3.05, 3.63) is 80.7 Å². The summed E-state index contributed by atoms with van der Waals surface area (Å²) < 4.78 is 5.27. The fourth-order valence-corrected chi connectivity index (χ4v) is 4.64. The molecule has 34 heavy (non-hydrogen) atoms. The third kappa shape index (κ3) is 5.74. The second-order valence-electron chi connectivity index (χ2n) is 7.91. The number of nitrogens with zero attached hydrogens (tertiary/aromatic N) is 1. The molecule has 5 nitrogen and oxygen atoms in total. The number of rotatable bonds is 7. The van der Waals surface area contributed by atoms with Crippen LogP contribution >= 0.6 is 22.9 Å². The number of benzene rings is 2. The molecular weight excluding hydrogens is 468 g/mol. The van der Waals surface area contributed by atoms with Gasteiger partial charge in [0.1, 0.15) is 22.2 Å². The summed E-state index contributed by atoms with van der Waals surface area (Å²) in [4.78, 5) is 26.7. The summed E-state index contributed by atoms with van der Waals surface area (Å²) in [6.07, 6.45) is 1.53. The lowest BCUT2D eigenvalue weighted by molar-refractivity contribution is -0.112. The molecular formula is C27H25ClN2O3S. The number of ether oxygens (including phenoxy) is 1. The number of carbonyl (C=O) groups is 2. The summed E-state index contributed by atoms with van der Waals surface area (Å²) in [5, 5.41) is 13.3. The second-order valence-corrected chi connectivity index (χ2v) is 9.57. The Morgan fingerprint density at radius 2 is 1.79 bits per heavy atom. The van der Waals surface area contributed by atoms with E-state index in [1.165, 1.54) is 23.0 Å². The van der Waals surface area contributed by atoms with Crippen molar-refractivity contribution in [3.8, 4) is 17.2 Å². The quantitative estimate of drug-likeness (QED) is 0.214. The fourth-order valence-electron chi connectivity index (χ4n) is 3.46. The number of nitrogens with one attached hydrogen (secondary N) is 1. The predicted octanol–water partition coefficient (Wildman–Crippen LogP) is 7.22. The number of thiophene rings is 1. The number of hydrogen-bond donors (Lipinski definition) is 1. The molecule has 0 saturated heterocycles. The predicted molar refractivity (Wildman–Crippen MR) is 138 cm³/mol. The number of anilines is 1. The maximum Gasteiger partial charge on any atom is 0.341 e. The van der Waals surface area contributed by atoms with Gasteiger partial charge in [-0.15, -0.1) is 11.3 Å². The molecule has 2 aromatic carbocycles. The Hall–Kier alpha value is -3.40. The first-order chi connectivity index (χ1) is 16.2. The van der Waals surface area contributed by atoms with E-state index in [1.807, 2.05) is 49.4 Å². The van der Waals surface area contributed by atoms with E-state index < -0.39 is 11.9 Å². The number of carbonyl (C=O) groups excluding carboxylic acids is 2. The van der Waals surface area contributed by atoms with Crippen LogP contribution in [0.15, 0.2) is 54.1 Å². The number of aryl methyl sites for hydroxylation is 1. The van der Waals surface area contributed by atoms with Crippen molar-refractivity contribution >= 4 is 45.9 Å². The summed E-state index contributed by atoms with van der Waals surface area (Å²) in [5.74, 6) is -0.751. The maximum absolute atomic E-state index is 13.0. The van der Waals surface area contributed by atoms with E-state index in [9.17, 15) is 14.9 Å². The van der Waals surface area contributed by atoms with Crippen LogP contribution in [0.25, 0.3) is 17.2 Å². The molecule has 1 aromatic heterocycles. The highest BCUT2D eigenvalue weighted by molar-refractivity contribution is 7.17. The summed E-state index contributed by atoms with van der Waals surface area (Å²) in [6, 6.07) is 16.8. The van der Waals surface area contributed by atoms with Gasteiger partial charge in [0.2, 0.25) is 0 Å². The van der Waals surface area contributed by atoms with Crippen LogP contribution in [-0.4, -0.2) is 18.5 Å². The van der Waals surface area contributed by atoms with Crippen molar-refractivity contribution < 1.29 is 14.3 Å². The zero-order valence-corrected chi connectivity index (χ0v) is 21.0. The molecule has 0 aliphatic rings. The highest BCUT2D eigenvalue weighted by Gasteiger charge is 2.26. The summed E-state index contributed by atoms with van der Waals surface area (Å²) in [6.45, 7) is 7.97. The third-order valence-electron chi connectivity index (χ3n) is 5.20. The van der Waals surface area contributed by atoms with E-state index in [-0.39, 0.29) is 17.7 Å². The van der Waals surface area contributed by atoms with Crippen molar-refractivity contribution in [1.29, 1.82) is 5.26 Å². The molecule has 0 atom stereocenters. The zero-order chi connectivity index (χ0) is 24.8. The Morgan fingerprint density at radius 1 is 1.15 bits per heavy atom. The van der Waals surface area contributed by atoms with Gasteiger partial charge in [-0.2, -0.15) is 5.26 Å². The maximum atomic E-state index is 13.0. The minimum atomic E-state index is -0.593. The van der Waals surface area contributed by atoms with E-state index in [4.69, 9.17) is 16.3 Å². The van der Waals surface area contributed by atoms with Gasteiger partial charge in [-0.05, 0) is 54.7 Å². The summed E-state index contributed by atoms with van der Waals surface area (Å²) in [5.41, 5.74) is 3.56. The van der Waals surface area contributed by atoms with Crippen LogP contribution in [0.1, 0.15) is 53.1 Å². The van der Waals surface area contributed by atoms with Gasteiger partial charge in [0.25, 0.3) is 5.91 Å². The van der Waals surface area contributed by atoms with Gasteiger partial charge in [0.05, 0.1) is 6.61 Å². The van der Waals surface area contributed by atoms with E-state index in [1.54, 1.807) is 19.1 Å². The molecule has 1 amide bonds. The van der Waals surface area contributed by atoms with E-state index in [0.717, 1.165) is 16.0 Å². The highest BCUT2D eigenvalue weighted by Crippen LogP contribution is 2.41. The van der Waals surface area contributed by atoms with Crippen molar-refractivity contribution in [1.82, 2.24) is 0 Å². The van der Waals surface area contributed by atoms with Crippen LogP contribution in [0.4, 0.5) is 5.00 Å². The third-order valence-corrected chi connectivity index (χ3v) is 6.48. The van der Waals surface area contributed by atoms with Crippen LogP contribution in [-0.2, 0) is 9.53 Å². The molecule has 0 aliphatic carbocycles. The monoisotopic (exact) mass is 492 g/mol. The van der Waals surface area contributed by atoms with Crippen LogP contribution in [0.3, 0.4) is 0 Å². The van der Waals surface area contributed by atoms with E-state index >= 15 is 0 Å². The number of amides is 1. The Morgan fingerprint density at radius 3 is 2.35 bits per heavy atom. The molecule has 0 spiro atoms. The fraction of sp³-hybridized carbons (Fsp3) is 0.222. The van der Waals surface area contributed by atoms with Gasteiger partial charge < -0.3 is 10.1 Å². The molecule has 0 radical (unpaired) electrons. The Kier molecular flexibility index (Phi) is 8.27. The van der Waals surface area contributed by atoms with Gasteiger partial charge in [-0.25, -0.2) is 4.79 Å².